The van der Waals surface area contributed by atoms with Crippen molar-refractivity contribution in [1.82, 2.24) is 13.9 Å². The molecular formula is C21H20ClFN4O4S. The van der Waals surface area contributed by atoms with Gasteiger partial charge in [0.05, 0.1) is 23.9 Å². The molecule has 1 amide bonds. The molecular weight excluding hydrogens is 459 g/mol. The number of benzene rings is 2. The Morgan fingerprint density at radius 2 is 1.94 bits per heavy atom. The molecule has 11 heteroatoms. The summed E-state index contributed by atoms with van der Waals surface area (Å²) >= 11 is 6.14. The quantitative estimate of drug-likeness (QED) is 0.607. The highest BCUT2D eigenvalue weighted by molar-refractivity contribution is 7.89. The highest BCUT2D eigenvalue weighted by Crippen LogP contribution is 2.27. The molecule has 168 valence electrons. The molecule has 1 saturated heterocycles. The normalized spacial score (nSPS) is 15.0. The van der Waals surface area contributed by atoms with E-state index in [9.17, 15) is 17.6 Å². The SMILES string of the molecule is Cc1nccn1-c1ccc(NC(=O)c2ccc(Cl)c(S(=O)(=O)N3CCOCC3)c2)cc1F. The molecule has 2 aromatic carbocycles. The van der Waals surface area contributed by atoms with Crippen LogP contribution in [0.2, 0.25) is 5.02 Å². The van der Waals surface area contributed by atoms with Gasteiger partial charge < -0.3 is 14.6 Å². The third-order valence-corrected chi connectivity index (χ3v) is 7.45. The summed E-state index contributed by atoms with van der Waals surface area (Å²) in [5, 5.41) is 2.60. The number of carbonyl (C=O) groups excluding carboxylic acids is 1. The Morgan fingerprint density at radius 1 is 1.19 bits per heavy atom. The Morgan fingerprint density at radius 3 is 2.59 bits per heavy atom. The van der Waals surface area contributed by atoms with E-state index in [0.717, 1.165) is 0 Å². The lowest BCUT2D eigenvalue weighted by atomic mass is 10.2. The smallest absolute Gasteiger partial charge is 0.255 e. The molecule has 0 radical (unpaired) electrons. The number of nitrogens with zero attached hydrogens (tertiary/aromatic N) is 3. The molecule has 0 unspecified atom stereocenters. The highest BCUT2D eigenvalue weighted by Gasteiger charge is 2.29. The lowest BCUT2D eigenvalue weighted by molar-refractivity contribution is 0.0730. The number of amides is 1. The first-order valence-electron chi connectivity index (χ1n) is 9.76. The van der Waals surface area contributed by atoms with Crippen molar-refractivity contribution >= 4 is 33.2 Å². The Balaban J connectivity index is 1.57. The van der Waals surface area contributed by atoms with Gasteiger partial charge in [0.15, 0.2) is 0 Å². The van der Waals surface area contributed by atoms with E-state index in [1.54, 1.807) is 30.0 Å². The van der Waals surface area contributed by atoms with Gasteiger partial charge in [-0.15, -0.1) is 0 Å². The van der Waals surface area contributed by atoms with E-state index in [0.29, 0.717) is 11.5 Å². The van der Waals surface area contributed by atoms with Crippen LogP contribution in [0.5, 0.6) is 0 Å². The first kappa shape index (κ1) is 22.4. The maximum Gasteiger partial charge on any atom is 0.255 e. The largest absolute Gasteiger partial charge is 0.379 e. The zero-order valence-electron chi connectivity index (χ0n) is 17.1. The summed E-state index contributed by atoms with van der Waals surface area (Å²) in [5.74, 6) is -0.516. The van der Waals surface area contributed by atoms with Crippen molar-refractivity contribution < 1.29 is 22.3 Å². The number of halogens is 2. The maximum absolute atomic E-state index is 14.6. The molecule has 0 saturated carbocycles. The number of hydrogen-bond acceptors (Lipinski definition) is 5. The maximum atomic E-state index is 14.6. The summed E-state index contributed by atoms with van der Waals surface area (Å²) in [6.45, 7) is 2.74. The molecule has 4 rings (SSSR count). The Hall–Kier alpha value is -2.79. The van der Waals surface area contributed by atoms with E-state index >= 15 is 0 Å². The van der Waals surface area contributed by atoms with E-state index in [4.69, 9.17) is 16.3 Å². The predicted octanol–water partition coefficient (Wildman–Crippen LogP) is 3.25. The van der Waals surface area contributed by atoms with Gasteiger partial charge in [0.1, 0.15) is 16.5 Å². The van der Waals surface area contributed by atoms with E-state index in [2.05, 4.69) is 10.3 Å². The lowest BCUT2D eigenvalue weighted by Gasteiger charge is -2.26. The van der Waals surface area contributed by atoms with Crippen molar-refractivity contribution in [3.8, 4) is 5.69 Å². The predicted molar refractivity (Wildman–Crippen MR) is 117 cm³/mol. The number of aromatic nitrogens is 2. The zero-order chi connectivity index (χ0) is 22.9. The van der Waals surface area contributed by atoms with Crippen molar-refractivity contribution in [2.45, 2.75) is 11.8 Å². The van der Waals surface area contributed by atoms with Gasteiger partial charge in [-0.2, -0.15) is 4.31 Å². The molecule has 0 atom stereocenters. The van der Waals surface area contributed by atoms with Crippen LogP contribution >= 0.6 is 11.6 Å². The third-order valence-electron chi connectivity index (χ3n) is 5.07. The lowest BCUT2D eigenvalue weighted by Crippen LogP contribution is -2.40. The number of sulfonamides is 1. The molecule has 0 aliphatic carbocycles. The fraction of sp³-hybridized carbons (Fsp3) is 0.238. The minimum absolute atomic E-state index is 0.0131. The average Bonchev–Trinajstić information content (AvgIpc) is 3.20. The molecule has 1 N–H and O–H groups in total. The molecule has 1 aromatic heterocycles. The first-order chi connectivity index (χ1) is 15.3. The summed E-state index contributed by atoms with van der Waals surface area (Å²) in [6, 6.07) is 8.26. The van der Waals surface area contributed by atoms with Crippen molar-refractivity contribution in [1.29, 1.82) is 0 Å². The Kier molecular flexibility index (Phi) is 6.29. The molecule has 32 heavy (non-hydrogen) atoms. The van der Waals surface area contributed by atoms with Crippen LogP contribution in [-0.2, 0) is 14.8 Å². The van der Waals surface area contributed by atoms with Gasteiger partial charge in [0, 0.05) is 36.7 Å². The van der Waals surface area contributed by atoms with E-state index in [1.165, 1.54) is 34.6 Å². The highest BCUT2D eigenvalue weighted by atomic mass is 35.5. The molecule has 8 nitrogen and oxygen atoms in total. The minimum Gasteiger partial charge on any atom is -0.379 e. The summed E-state index contributed by atoms with van der Waals surface area (Å²) in [7, 11) is -3.89. The van der Waals surface area contributed by atoms with Crippen molar-refractivity contribution in [2.24, 2.45) is 0 Å². The van der Waals surface area contributed by atoms with Gasteiger partial charge in [-0.05, 0) is 43.3 Å². The number of ether oxygens (including phenoxy) is 1. The minimum atomic E-state index is -3.89. The molecule has 3 aromatic rings. The van der Waals surface area contributed by atoms with Gasteiger partial charge in [-0.25, -0.2) is 17.8 Å². The second-order valence-corrected chi connectivity index (χ2v) is 9.44. The number of aryl methyl sites for hydroxylation is 1. The third kappa shape index (κ3) is 4.40. The number of imidazole rings is 1. The van der Waals surface area contributed by atoms with Crippen LogP contribution in [0, 0.1) is 12.7 Å². The van der Waals surface area contributed by atoms with E-state index < -0.39 is 21.7 Å². The van der Waals surface area contributed by atoms with Gasteiger partial charge in [0.2, 0.25) is 10.0 Å². The average molecular weight is 479 g/mol. The first-order valence-corrected chi connectivity index (χ1v) is 11.6. The number of anilines is 1. The van der Waals surface area contributed by atoms with E-state index in [-0.39, 0.29) is 47.5 Å². The fourth-order valence-corrected chi connectivity index (χ4v) is 5.29. The summed E-state index contributed by atoms with van der Waals surface area (Å²) in [4.78, 5) is 16.6. The van der Waals surface area contributed by atoms with Crippen LogP contribution in [0.4, 0.5) is 10.1 Å². The van der Waals surface area contributed by atoms with Crippen molar-refractivity contribution in [3.63, 3.8) is 0 Å². The van der Waals surface area contributed by atoms with Crippen LogP contribution in [-0.4, -0.2) is 54.5 Å². The molecule has 1 fully saturated rings. The van der Waals surface area contributed by atoms with Gasteiger partial charge >= 0.3 is 0 Å². The number of carbonyl (C=O) groups is 1. The standard InChI is InChI=1S/C21H20ClFN4O4S/c1-14-24-6-7-27(14)19-5-3-16(13-18(19)23)25-21(28)15-2-4-17(22)20(12-15)32(29,30)26-8-10-31-11-9-26/h2-7,12-13H,8-11H2,1H3,(H,25,28). The van der Waals surface area contributed by atoms with Crippen LogP contribution in [0.3, 0.4) is 0 Å². The number of morpholine rings is 1. The Bertz CT molecular complexity index is 1270. The topological polar surface area (TPSA) is 93.5 Å². The van der Waals surface area contributed by atoms with Crippen molar-refractivity contribution in [2.75, 3.05) is 31.6 Å². The number of hydrogen-bond donors (Lipinski definition) is 1. The fourth-order valence-electron chi connectivity index (χ4n) is 3.38. The molecule has 2 heterocycles. The van der Waals surface area contributed by atoms with Gasteiger partial charge in [-0.1, -0.05) is 11.6 Å². The van der Waals surface area contributed by atoms with Crippen LogP contribution in [0.1, 0.15) is 16.2 Å². The monoisotopic (exact) mass is 478 g/mol. The van der Waals surface area contributed by atoms with Gasteiger partial charge in [-0.3, -0.25) is 4.79 Å². The van der Waals surface area contributed by atoms with Crippen LogP contribution in [0.25, 0.3) is 5.69 Å². The second-order valence-electron chi connectivity index (χ2n) is 7.13. The molecule has 0 bridgehead atoms. The number of nitrogens with one attached hydrogen (secondary N) is 1. The number of rotatable bonds is 5. The van der Waals surface area contributed by atoms with Gasteiger partial charge in [0.25, 0.3) is 5.91 Å². The molecule has 1 aliphatic rings. The Labute approximate surface area is 189 Å². The van der Waals surface area contributed by atoms with Crippen LogP contribution < -0.4 is 5.32 Å². The van der Waals surface area contributed by atoms with E-state index in [1.807, 2.05) is 0 Å². The summed E-state index contributed by atoms with van der Waals surface area (Å²) in [5.41, 5.74) is 0.598. The molecule has 1 aliphatic heterocycles. The molecule has 0 spiro atoms. The zero-order valence-corrected chi connectivity index (χ0v) is 18.7. The second kappa shape index (κ2) is 8.99. The van der Waals surface area contributed by atoms with Crippen molar-refractivity contribution in [3.05, 3.63) is 71.0 Å². The summed E-state index contributed by atoms with van der Waals surface area (Å²) < 4.78 is 48.6. The van der Waals surface area contributed by atoms with Crippen LogP contribution in [0.15, 0.2) is 53.7 Å². The summed E-state index contributed by atoms with van der Waals surface area (Å²) in [6.07, 6.45) is 3.20.